The van der Waals surface area contributed by atoms with Gasteiger partial charge >= 0.3 is 0 Å². The molecule has 1 nitrogen and oxygen atoms in total. The van der Waals surface area contributed by atoms with Crippen LogP contribution in [0.3, 0.4) is 0 Å². The van der Waals surface area contributed by atoms with E-state index < -0.39 is 5.60 Å². The molecule has 1 saturated carbocycles. The number of aliphatic hydroxyl groups is 1. The van der Waals surface area contributed by atoms with Crippen molar-refractivity contribution in [1.82, 2.24) is 0 Å². The van der Waals surface area contributed by atoms with E-state index in [1.165, 1.54) is 31.3 Å². The van der Waals surface area contributed by atoms with Crippen molar-refractivity contribution in [2.45, 2.75) is 57.0 Å². The molecule has 0 heterocycles. The summed E-state index contributed by atoms with van der Waals surface area (Å²) in [7, 11) is 0. The van der Waals surface area contributed by atoms with Crippen molar-refractivity contribution < 1.29 is 5.11 Å². The Kier molecular flexibility index (Phi) is 4.46. The second-order valence-corrected chi connectivity index (χ2v) is 6.36. The first-order valence-corrected chi connectivity index (χ1v) is 8.27. The Balaban J connectivity index is 1.85. The summed E-state index contributed by atoms with van der Waals surface area (Å²) in [6, 6.07) is 10.0. The van der Waals surface area contributed by atoms with Crippen molar-refractivity contribution in [3.63, 3.8) is 0 Å². The van der Waals surface area contributed by atoms with E-state index in [1.807, 2.05) is 30.3 Å². The number of hydrogen-bond donors (Lipinski definition) is 1. The first-order chi connectivity index (χ1) is 10.3. The number of allylic oxidation sites excluding steroid dienone is 1. The van der Waals surface area contributed by atoms with Crippen molar-refractivity contribution in [2.75, 3.05) is 0 Å². The maximum absolute atomic E-state index is 11.1. The Morgan fingerprint density at radius 1 is 1.05 bits per heavy atom. The zero-order valence-electron chi connectivity index (χ0n) is 12.6. The molecule has 1 fully saturated rings. The van der Waals surface area contributed by atoms with Crippen LogP contribution in [0.2, 0.25) is 0 Å². The normalized spacial score (nSPS) is 29.2. The van der Waals surface area contributed by atoms with Gasteiger partial charge in [-0.15, -0.1) is 0 Å². The van der Waals surface area contributed by atoms with Gasteiger partial charge in [-0.3, -0.25) is 0 Å². The monoisotopic (exact) mass is 280 g/mol. The van der Waals surface area contributed by atoms with E-state index in [-0.39, 0.29) is 5.92 Å². The molecule has 2 aliphatic rings. The van der Waals surface area contributed by atoms with Crippen LogP contribution in [0.1, 0.15) is 56.9 Å². The molecule has 0 spiro atoms. The van der Waals surface area contributed by atoms with E-state index in [9.17, 15) is 5.11 Å². The van der Waals surface area contributed by atoms with Crippen molar-refractivity contribution in [2.24, 2.45) is 5.92 Å². The van der Waals surface area contributed by atoms with Gasteiger partial charge in [-0.2, -0.15) is 0 Å². The quantitative estimate of drug-likeness (QED) is 0.595. The molecule has 110 valence electrons. The molecule has 3 rings (SSSR count). The smallest absolute Gasteiger partial charge is 0.132 e. The molecular weight excluding hydrogens is 256 g/mol. The summed E-state index contributed by atoms with van der Waals surface area (Å²) in [4.78, 5) is 0. The maximum Gasteiger partial charge on any atom is 0.132 e. The molecule has 1 heteroatoms. The van der Waals surface area contributed by atoms with E-state index in [0.29, 0.717) is 0 Å². The summed E-state index contributed by atoms with van der Waals surface area (Å²) in [6.45, 7) is 0. The summed E-state index contributed by atoms with van der Waals surface area (Å²) in [5.74, 6) is 6.68. The minimum Gasteiger partial charge on any atom is -0.377 e. The van der Waals surface area contributed by atoms with E-state index >= 15 is 0 Å². The highest BCUT2D eigenvalue weighted by atomic mass is 16.3. The maximum atomic E-state index is 11.1. The standard InChI is InChI=1S/C20H24O/c21-20(16-14-17-9-3-1-4-10-17)15-8-7-13-19(20)18-11-5-2-6-12-18/h1,3-4,9-11,19,21H,2,5-8,12-13,15H2. The average molecular weight is 280 g/mol. The molecule has 0 amide bonds. The van der Waals surface area contributed by atoms with Crippen LogP contribution in [0.4, 0.5) is 0 Å². The first kappa shape index (κ1) is 14.4. The molecule has 0 saturated heterocycles. The van der Waals surface area contributed by atoms with Gasteiger partial charge in [0, 0.05) is 11.5 Å². The van der Waals surface area contributed by atoms with Gasteiger partial charge in [0.2, 0.25) is 0 Å². The first-order valence-electron chi connectivity index (χ1n) is 8.27. The Labute approximate surface area is 128 Å². The van der Waals surface area contributed by atoms with Crippen LogP contribution in [0, 0.1) is 17.8 Å². The highest BCUT2D eigenvalue weighted by Gasteiger charge is 2.39. The summed E-state index contributed by atoms with van der Waals surface area (Å²) in [5.41, 5.74) is 1.63. The van der Waals surface area contributed by atoms with Crippen LogP contribution in [-0.2, 0) is 0 Å². The van der Waals surface area contributed by atoms with Gasteiger partial charge in [0.25, 0.3) is 0 Å². The van der Waals surface area contributed by atoms with Gasteiger partial charge in [0.1, 0.15) is 5.60 Å². The minimum atomic E-state index is -0.822. The zero-order valence-corrected chi connectivity index (χ0v) is 12.6. The van der Waals surface area contributed by atoms with Crippen molar-refractivity contribution >= 4 is 0 Å². The molecule has 0 bridgehead atoms. The lowest BCUT2D eigenvalue weighted by Gasteiger charge is -2.38. The second-order valence-electron chi connectivity index (χ2n) is 6.36. The van der Waals surface area contributed by atoms with Crippen LogP contribution in [-0.4, -0.2) is 10.7 Å². The van der Waals surface area contributed by atoms with Gasteiger partial charge in [0.15, 0.2) is 0 Å². The Hall–Kier alpha value is -1.52. The van der Waals surface area contributed by atoms with Crippen molar-refractivity contribution in [3.8, 4) is 11.8 Å². The second kappa shape index (κ2) is 6.50. The lowest BCUT2D eigenvalue weighted by atomic mass is 9.70. The fourth-order valence-corrected chi connectivity index (χ4v) is 3.68. The van der Waals surface area contributed by atoms with E-state index in [0.717, 1.165) is 31.2 Å². The number of rotatable bonds is 1. The molecule has 0 aliphatic heterocycles. The van der Waals surface area contributed by atoms with Gasteiger partial charge < -0.3 is 5.11 Å². The van der Waals surface area contributed by atoms with Crippen LogP contribution < -0.4 is 0 Å². The predicted molar refractivity (Wildman–Crippen MR) is 86.8 cm³/mol. The van der Waals surface area contributed by atoms with E-state index in [4.69, 9.17) is 0 Å². The van der Waals surface area contributed by atoms with Crippen molar-refractivity contribution in [1.29, 1.82) is 0 Å². The molecule has 2 atom stereocenters. The molecule has 1 N–H and O–H groups in total. The molecule has 2 unspecified atom stereocenters. The van der Waals surface area contributed by atoms with Gasteiger partial charge in [0.05, 0.1) is 0 Å². The van der Waals surface area contributed by atoms with E-state index in [1.54, 1.807) is 0 Å². The lowest BCUT2D eigenvalue weighted by molar-refractivity contribution is 0.0183. The van der Waals surface area contributed by atoms with Gasteiger partial charge in [-0.1, -0.05) is 48.1 Å². The van der Waals surface area contributed by atoms with Crippen molar-refractivity contribution in [3.05, 3.63) is 47.5 Å². The van der Waals surface area contributed by atoms with Crippen LogP contribution in [0.5, 0.6) is 0 Å². The SMILES string of the molecule is OC1(C#Cc2ccccc2)CCCCC1C1=CCCCC1. The predicted octanol–water partition coefficient (Wildman–Crippen LogP) is 4.46. The molecule has 2 aliphatic carbocycles. The Bertz CT molecular complexity index is 560. The van der Waals surface area contributed by atoms with Crippen LogP contribution in [0.25, 0.3) is 0 Å². The Morgan fingerprint density at radius 2 is 1.90 bits per heavy atom. The van der Waals surface area contributed by atoms with Crippen LogP contribution >= 0.6 is 0 Å². The summed E-state index contributed by atoms with van der Waals surface area (Å²) < 4.78 is 0. The molecular formula is C20H24O. The third kappa shape index (κ3) is 3.39. The molecule has 0 aromatic heterocycles. The summed E-state index contributed by atoms with van der Waals surface area (Å²) in [6.07, 6.45) is 11.5. The van der Waals surface area contributed by atoms with Crippen LogP contribution in [0.15, 0.2) is 42.0 Å². The highest BCUT2D eigenvalue weighted by Crippen LogP contribution is 2.41. The largest absolute Gasteiger partial charge is 0.377 e. The molecule has 1 aromatic carbocycles. The fraction of sp³-hybridized carbons (Fsp3) is 0.500. The molecule has 1 aromatic rings. The number of benzene rings is 1. The zero-order chi connectivity index (χ0) is 14.5. The van der Waals surface area contributed by atoms with Gasteiger partial charge in [-0.05, 0) is 57.1 Å². The fourth-order valence-electron chi connectivity index (χ4n) is 3.68. The average Bonchev–Trinajstić information content (AvgIpc) is 2.55. The topological polar surface area (TPSA) is 20.2 Å². The summed E-state index contributed by atoms with van der Waals surface area (Å²) >= 11 is 0. The highest BCUT2D eigenvalue weighted by molar-refractivity contribution is 5.37. The van der Waals surface area contributed by atoms with Gasteiger partial charge in [-0.25, -0.2) is 0 Å². The minimum absolute atomic E-state index is 0.253. The third-order valence-corrected chi connectivity index (χ3v) is 4.85. The van der Waals surface area contributed by atoms with E-state index in [2.05, 4.69) is 17.9 Å². The lowest BCUT2D eigenvalue weighted by Crippen LogP contribution is -2.40. The Morgan fingerprint density at radius 3 is 2.67 bits per heavy atom. The number of hydrogen-bond acceptors (Lipinski definition) is 1. The molecule has 0 radical (unpaired) electrons. The third-order valence-electron chi connectivity index (χ3n) is 4.85. The molecule has 21 heavy (non-hydrogen) atoms. The summed E-state index contributed by atoms with van der Waals surface area (Å²) in [5, 5.41) is 11.1.